The fourth-order valence-corrected chi connectivity index (χ4v) is 2.73. The highest BCUT2D eigenvalue weighted by Crippen LogP contribution is 2.35. The Balaban J connectivity index is 1.94. The first-order valence-electron chi connectivity index (χ1n) is 8.60. The summed E-state index contributed by atoms with van der Waals surface area (Å²) in [5, 5.41) is 14.1. The number of methoxy groups -OCH3 is 2. The summed E-state index contributed by atoms with van der Waals surface area (Å²) in [5.74, 6) is 0.841. The van der Waals surface area contributed by atoms with Crippen LogP contribution in [0.3, 0.4) is 0 Å². The Bertz CT molecular complexity index is 1070. The Morgan fingerprint density at radius 2 is 1.83 bits per heavy atom. The summed E-state index contributed by atoms with van der Waals surface area (Å²) < 4.78 is 15.8. The van der Waals surface area contributed by atoms with Crippen LogP contribution in [0.5, 0.6) is 11.5 Å². The largest absolute Gasteiger partial charge is 0.493 e. The van der Waals surface area contributed by atoms with Crippen LogP contribution >= 0.6 is 0 Å². The summed E-state index contributed by atoms with van der Waals surface area (Å²) in [4.78, 5) is 27.9. The monoisotopic (exact) mass is 397 g/mol. The molecule has 0 bridgehead atoms. The lowest BCUT2D eigenvalue weighted by atomic mass is 10.1. The normalized spacial score (nSPS) is 10.5. The minimum absolute atomic E-state index is 0.152. The van der Waals surface area contributed by atoms with Gasteiger partial charge in [-0.1, -0.05) is 6.07 Å². The number of aryl methyl sites for hydroxylation is 2. The van der Waals surface area contributed by atoms with Gasteiger partial charge < -0.3 is 19.2 Å². The smallest absolute Gasteiger partial charge is 0.286 e. The predicted molar refractivity (Wildman–Crippen MR) is 106 cm³/mol. The van der Waals surface area contributed by atoms with Gasteiger partial charge in [-0.2, -0.15) is 0 Å². The van der Waals surface area contributed by atoms with Crippen molar-refractivity contribution < 1.29 is 23.6 Å². The quantitative estimate of drug-likeness (QED) is 0.491. The van der Waals surface area contributed by atoms with Gasteiger partial charge >= 0.3 is 0 Å². The molecular formula is C20H19N3O6. The summed E-state index contributed by atoms with van der Waals surface area (Å²) in [5.41, 5.74) is 1.33. The molecule has 0 fully saturated rings. The van der Waals surface area contributed by atoms with E-state index in [1.807, 2.05) is 13.8 Å². The topological polar surface area (TPSA) is 117 Å². The Morgan fingerprint density at radius 1 is 1.14 bits per heavy atom. The number of hydrogen-bond acceptors (Lipinski definition) is 7. The van der Waals surface area contributed by atoms with E-state index in [2.05, 4.69) is 10.3 Å². The van der Waals surface area contributed by atoms with Crippen molar-refractivity contribution in [3.63, 3.8) is 0 Å². The number of rotatable bonds is 6. The van der Waals surface area contributed by atoms with Crippen LogP contribution < -0.4 is 14.8 Å². The minimum atomic E-state index is -0.658. The number of anilines is 1. The Morgan fingerprint density at radius 3 is 2.41 bits per heavy atom. The van der Waals surface area contributed by atoms with Crippen molar-refractivity contribution >= 4 is 17.3 Å². The number of carbonyl (C=O) groups is 1. The number of hydrogen-bond donors (Lipinski definition) is 1. The summed E-state index contributed by atoms with van der Waals surface area (Å²) in [6.45, 7) is 3.65. The molecule has 1 heterocycles. The molecule has 150 valence electrons. The summed E-state index contributed by atoms with van der Waals surface area (Å²) in [7, 11) is 2.74. The zero-order valence-corrected chi connectivity index (χ0v) is 16.3. The Kier molecular flexibility index (Phi) is 5.49. The van der Waals surface area contributed by atoms with E-state index in [0.29, 0.717) is 22.9 Å². The van der Waals surface area contributed by atoms with Crippen LogP contribution in [0.4, 0.5) is 11.4 Å². The molecule has 0 unspecified atom stereocenters. The van der Waals surface area contributed by atoms with E-state index in [0.717, 1.165) is 11.8 Å². The van der Waals surface area contributed by atoms with Crippen LogP contribution in [0.15, 0.2) is 40.8 Å². The molecule has 3 rings (SSSR count). The minimum Gasteiger partial charge on any atom is -0.493 e. The van der Waals surface area contributed by atoms with Gasteiger partial charge in [0.15, 0.2) is 11.5 Å². The molecule has 2 aromatic carbocycles. The number of nitrogens with one attached hydrogen (secondary N) is 1. The Hall–Kier alpha value is -3.88. The summed E-state index contributed by atoms with van der Waals surface area (Å²) in [6.07, 6.45) is 0. The van der Waals surface area contributed by atoms with Crippen molar-refractivity contribution in [3.8, 4) is 23.0 Å². The first-order valence-corrected chi connectivity index (χ1v) is 8.60. The van der Waals surface area contributed by atoms with Crippen LogP contribution in [0.1, 0.15) is 21.8 Å². The molecule has 9 nitrogen and oxygen atoms in total. The number of oxazole rings is 1. The van der Waals surface area contributed by atoms with Crippen molar-refractivity contribution in [2.75, 3.05) is 19.5 Å². The lowest BCUT2D eigenvalue weighted by molar-refractivity contribution is -0.385. The van der Waals surface area contributed by atoms with Gasteiger partial charge in [-0.15, -0.1) is 0 Å². The van der Waals surface area contributed by atoms with E-state index < -0.39 is 16.5 Å². The molecule has 0 spiro atoms. The van der Waals surface area contributed by atoms with E-state index in [1.165, 1.54) is 20.3 Å². The summed E-state index contributed by atoms with van der Waals surface area (Å²) >= 11 is 0. The van der Waals surface area contributed by atoms with Crippen LogP contribution in [0, 0.1) is 24.0 Å². The lowest BCUT2D eigenvalue weighted by Gasteiger charge is -2.11. The van der Waals surface area contributed by atoms with Gasteiger partial charge in [-0.05, 0) is 32.0 Å². The average Bonchev–Trinajstić information content (AvgIpc) is 3.05. The molecular weight excluding hydrogens is 378 g/mol. The molecule has 0 aliphatic carbocycles. The van der Waals surface area contributed by atoms with Crippen LogP contribution in [0.25, 0.3) is 11.5 Å². The average molecular weight is 397 g/mol. The van der Waals surface area contributed by atoms with E-state index in [9.17, 15) is 14.9 Å². The van der Waals surface area contributed by atoms with E-state index >= 15 is 0 Å². The molecule has 1 amide bonds. The standard InChI is InChI=1S/C20H19N3O6/c1-11-12(2)29-20(21-11)13-6-5-7-14(8-13)22-19(24)15-9-17(27-3)18(28-4)10-16(15)23(25)26/h5-10H,1-4H3,(H,22,24). The fraction of sp³-hybridized carbons (Fsp3) is 0.200. The molecule has 3 aromatic rings. The van der Waals surface area contributed by atoms with Gasteiger partial charge in [0.1, 0.15) is 11.3 Å². The molecule has 0 aliphatic heterocycles. The molecule has 29 heavy (non-hydrogen) atoms. The van der Waals surface area contributed by atoms with Crippen LogP contribution in [-0.2, 0) is 0 Å². The highest BCUT2D eigenvalue weighted by atomic mass is 16.6. The second kappa shape index (κ2) is 8.01. The van der Waals surface area contributed by atoms with Crippen LogP contribution in [0.2, 0.25) is 0 Å². The lowest BCUT2D eigenvalue weighted by Crippen LogP contribution is -2.14. The zero-order valence-electron chi connectivity index (χ0n) is 16.3. The first-order chi connectivity index (χ1) is 13.8. The van der Waals surface area contributed by atoms with Gasteiger partial charge in [0.25, 0.3) is 11.6 Å². The van der Waals surface area contributed by atoms with Gasteiger partial charge in [-0.3, -0.25) is 14.9 Å². The molecule has 1 aromatic heterocycles. The molecule has 0 saturated carbocycles. The number of benzene rings is 2. The van der Waals surface area contributed by atoms with Gasteiger partial charge in [0, 0.05) is 17.3 Å². The number of nitro groups is 1. The van der Waals surface area contributed by atoms with Gasteiger partial charge in [0.2, 0.25) is 5.89 Å². The number of nitro benzene ring substituents is 1. The maximum Gasteiger partial charge on any atom is 0.286 e. The van der Waals surface area contributed by atoms with Gasteiger partial charge in [0.05, 0.1) is 30.9 Å². The van der Waals surface area contributed by atoms with Crippen molar-refractivity contribution in [1.82, 2.24) is 4.98 Å². The van der Waals surface area contributed by atoms with Crippen LogP contribution in [-0.4, -0.2) is 30.0 Å². The first kappa shape index (κ1) is 19.9. The third-order valence-electron chi connectivity index (χ3n) is 4.34. The van der Waals surface area contributed by atoms with Crippen molar-refractivity contribution in [2.24, 2.45) is 0 Å². The SMILES string of the molecule is COc1cc(C(=O)Nc2cccc(-c3nc(C)c(C)o3)c2)c([N+](=O)[O-])cc1OC. The summed E-state index contributed by atoms with van der Waals surface area (Å²) in [6, 6.07) is 9.29. The maximum atomic E-state index is 12.8. The predicted octanol–water partition coefficient (Wildman–Crippen LogP) is 4.14. The third-order valence-corrected chi connectivity index (χ3v) is 4.34. The zero-order chi connectivity index (χ0) is 21.1. The highest BCUT2D eigenvalue weighted by Gasteiger charge is 2.25. The maximum absolute atomic E-state index is 12.8. The molecule has 0 atom stereocenters. The molecule has 0 radical (unpaired) electrons. The second-order valence-corrected chi connectivity index (χ2v) is 6.18. The second-order valence-electron chi connectivity index (χ2n) is 6.18. The molecule has 9 heteroatoms. The number of aromatic nitrogens is 1. The van der Waals surface area contributed by atoms with E-state index in [-0.39, 0.29) is 17.1 Å². The number of ether oxygens (including phenoxy) is 2. The van der Waals surface area contributed by atoms with Crippen molar-refractivity contribution in [1.29, 1.82) is 0 Å². The fourth-order valence-electron chi connectivity index (χ4n) is 2.73. The van der Waals surface area contributed by atoms with Crippen molar-refractivity contribution in [3.05, 3.63) is 63.5 Å². The Labute approximate surface area is 166 Å². The van der Waals surface area contributed by atoms with Gasteiger partial charge in [-0.25, -0.2) is 4.98 Å². The molecule has 0 aliphatic rings. The number of amides is 1. The number of nitrogens with zero attached hydrogens (tertiary/aromatic N) is 2. The third kappa shape index (κ3) is 4.03. The number of carbonyl (C=O) groups excluding carboxylic acids is 1. The van der Waals surface area contributed by atoms with E-state index in [4.69, 9.17) is 13.9 Å². The molecule has 1 N–H and O–H groups in total. The van der Waals surface area contributed by atoms with Crippen molar-refractivity contribution in [2.45, 2.75) is 13.8 Å². The molecule has 0 saturated heterocycles. The van der Waals surface area contributed by atoms with E-state index in [1.54, 1.807) is 24.3 Å². The highest BCUT2D eigenvalue weighted by molar-refractivity contribution is 6.07.